The molecular weight excluding hydrogens is 268 g/mol. The lowest BCUT2D eigenvalue weighted by Gasteiger charge is -2.07. The van der Waals surface area contributed by atoms with Crippen LogP contribution < -0.4 is 11.1 Å². The lowest BCUT2D eigenvalue weighted by atomic mass is 10.3. The van der Waals surface area contributed by atoms with Crippen LogP contribution in [0.2, 0.25) is 0 Å². The Morgan fingerprint density at radius 1 is 1.32 bits per heavy atom. The minimum absolute atomic E-state index is 0.0473. The van der Waals surface area contributed by atoms with E-state index in [4.69, 9.17) is 10.5 Å². The molecule has 0 bridgehead atoms. The molecule has 0 spiro atoms. The maximum atomic E-state index is 11.6. The Labute approximate surface area is 112 Å². The Hall–Kier alpha value is -1.44. The summed E-state index contributed by atoms with van der Waals surface area (Å²) in [6.07, 6.45) is 0. The number of hydrogen-bond donors (Lipinski definition) is 2. The molecule has 1 rings (SSSR count). The molecule has 19 heavy (non-hydrogen) atoms. The topological polar surface area (TPSA) is 98.5 Å². The highest BCUT2D eigenvalue weighted by atomic mass is 32.2. The van der Waals surface area contributed by atoms with Crippen molar-refractivity contribution in [1.82, 2.24) is 0 Å². The molecule has 0 aliphatic rings. The summed E-state index contributed by atoms with van der Waals surface area (Å²) in [6, 6.07) is 6.02. The minimum Gasteiger partial charge on any atom is -0.370 e. The first-order valence-corrected chi connectivity index (χ1v) is 7.55. The summed E-state index contributed by atoms with van der Waals surface area (Å²) >= 11 is 0. The SMILES string of the molecule is CCS(=O)(=O)c1ccc(NC(=O)COCCN)cc1. The molecule has 1 aromatic rings. The van der Waals surface area contributed by atoms with Gasteiger partial charge in [-0.05, 0) is 24.3 Å². The van der Waals surface area contributed by atoms with Gasteiger partial charge in [0.2, 0.25) is 5.91 Å². The molecular formula is C12H18N2O4S. The van der Waals surface area contributed by atoms with Gasteiger partial charge in [0.25, 0.3) is 0 Å². The molecule has 106 valence electrons. The highest BCUT2D eigenvalue weighted by Crippen LogP contribution is 2.15. The van der Waals surface area contributed by atoms with Crippen LogP contribution in [-0.2, 0) is 19.4 Å². The van der Waals surface area contributed by atoms with E-state index in [1.807, 2.05) is 0 Å². The van der Waals surface area contributed by atoms with Crippen LogP contribution in [0.3, 0.4) is 0 Å². The van der Waals surface area contributed by atoms with E-state index < -0.39 is 9.84 Å². The Morgan fingerprint density at radius 3 is 2.47 bits per heavy atom. The predicted octanol–water partition coefficient (Wildman–Crippen LogP) is 0.394. The van der Waals surface area contributed by atoms with E-state index in [-0.39, 0.29) is 23.2 Å². The van der Waals surface area contributed by atoms with Crippen molar-refractivity contribution < 1.29 is 17.9 Å². The van der Waals surface area contributed by atoms with Gasteiger partial charge in [0, 0.05) is 12.2 Å². The second kappa shape index (κ2) is 7.22. The number of anilines is 1. The van der Waals surface area contributed by atoms with Crippen LogP contribution in [0.1, 0.15) is 6.92 Å². The molecule has 1 aromatic carbocycles. The molecule has 0 saturated heterocycles. The molecule has 0 aromatic heterocycles. The second-order valence-electron chi connectivity index (χ2n) is 3.82. The number of hydrogen-bond acceptors (Lipinski definition) is 5. The van der Waals surface area contributed by atoms with Crippen LogP contribution in [0.25, 0.3) is 0 Å². The van der Waals surface area contributed by atoms with Gasteiger partial charge in [-0.3, -0.25) is 4.79 Å². The summed E-state index contributed by atoms with van der Waals surface area (Å²) in [5, 5.41) is 2.60. The third-order valence-electron chi connectivity index (χ3n) is 2.37. The second-order valence-corrected chi connectivity index (χ2v) is 6.10. The lowest BCUT2D eigenvalue weighted by molar-refractivity contribution is -0.120. The van der Waals surface area contributed by atoms with Crippen LogP contribution in [0, 0.1) is 0 Å². The van der Waals surface area contributed by atoms with E-state index in [1.54, 1.807) is 19.1 Å². The van der Waals surface area contributed by atoms with Crippen molar-refractivity contribution in [1.29, 1.82) is 0 Å². The van der Waals surface area contributed by atoms with Gasteiger partial charge in [-0.1, -0.05) is 6.92 Å². The van der Waals surface area contributed by atoms with Crippen molar-refractivity contribution in [2.75, 3.05) is 30.8 Å². The number of benzene rings is 1. The molecule has 0 aliphatic heterocycles. The van der Waals surface area contributed by atoms with Crippen molar-refractivity contribution in [3.8, 4) is 0 Å². The summed E-state index contributed by atoms with van der Waals surface area (Å²) < 4.78 is 28.2. The molecule has 7 heteroatoms. The number of nitrogens with two attached hydrogens (primary N) is 1. The van der Waals surface area contributed by atoms with Gasteiger partial charge < -0.3 is 15.8 Å². The average Bonchev–Trinajstić information content (AvgIpc) is 2.39. The fourth-order valence-corrected chi connectivity index (χ4v) is 2.24. The first-order valence-electron chi connectivity index (χ1n) is 5.90. The highest BCUT2D eigenvalue weighted by Gasteiger charge is 2.11. The molecule has 0 radical (unpaired) electrons. The molecule has 0 atom stereocenters. The van der Waals surface area contributed by atoms with E-state index >= 15 is 0 Å². The molecule has 0 saturated carbocycles. The summed E-state index contributed by atoms with van der Waals surface area (Å²) in [6.45, 7) is 2.18. The van der Waals surface area contributed by atoms with Crippen molar-refractivity contribution in [3.05, 3.63) is 24.3 Å². The summed E-state index contributed by atoms with van der Waals surface area (Å²) in [7, 11) is -3.21. The quantitative estimate of drug-likeness (QED) is 0.707. The van der Waals surface area contributed by atoms with Crippen molar-refractivity contribution in [2.24, 2.45) is 5.73 Å². The molecule has 0 heterocycles. The number of nitrogens with one attached hydrogen (secondary N) is 1. The van der Waals surface area contributed by atoms with Crippen LogP contribution in [0.15, 0.2) is 29.2 Å². The van der Waals surface area contributed by atoms with E-state index in [2.05, 4.69) is 5.32 Å². The third kappa shape index (κ3) is 4.98. The predicted molar refractivity (Wildman–Crippen MR) is 72.7 cm³/mol. The molecule has 0 aliphatic carbocycles. The lowest BCUT2D eigenvalue weighted by Crippen LogP contribution is -2.20. The Balaban J connectivity index is 2.60. The number of ether oxygens (including phenoxy) is 1. The Bertz CT molecular complexity index is 511. The number of amides is 1. The largest absolute Gasteiger partial charge is 0.370 e. The smallest absolute Gasteiger partial charge is 0.250 e. The van der Waals surface area contributed by atoms with Gasteiger partial charge in [-0.25, -0.2) is 8.42 Å². The standard InChI is InChI=1S/C12H18N2O4S/c1-2-19(16,17)11-5-3-10(4-6-11)14-12(15)9-18-8-7-13/h3-6H,2,7-9,13H2,1H3,(H,14,15). The Kier molecular flexibility index (Phi) is 5.94. The van der Waals surface area contributed by atoms with Gasteiger partial charge >= 0.3 is 0 Å². The first kappa shape index (κ1) is 15.6. The van der Waals surface area contributed by atoms with Crippen LogP contribution in [0.4, 0.5) is 5.69 Å². The van der Waals surface area contributed by atoms with E-state index in [1.165, 1.54) is 12.1 Å². The third-order valence-corrected chi connectivity index (χ3v) is 4.12. The molecule has 0 unspecified atom stereocenters. The fraction of sp³-hybridized carbons (Fsp3) is 0.417. The normalized spacial score (nSPS) is 11.3. The molecule has 3 N–H and O–H groups in total. The van der Waals surface area contributed by atoms with Gasteiger partial charge in [-0.2, -0.15) is 0 Å². The van der Waals surface area contributed by atoms with Gasteiger partial charge in [0.15, 0.2) is 9.84 Å². The summed E-state index contributed by atoms with van der Waals surface area (Å²) in [4.78, 5) is 11.7. The molecule has 6 nitrogen and oxygen atoms in total. The monoisotopic (exact) mass is 286 g/mol. The zero-order valence-corrected chi connectivity index (χ0v) is 11.6. The minimum atomic E-state index is -3.21. The van der Waals surface area contributed by atoms with Crippen LogP contribution in [-0.4, -0.2) is 39.8 Å². The van der Waals surface area contributed by atoms with Crippen molar-refractivity contribution >= 4 is 21.4 Å². The highest BCUT2D eigenvalue weighted by molar-refractivity contribution is 7.91. The van der Waals surface area contributed by atoms with Gasteiger partial charge in [-0.15, -0.1) is 0 Å². The first-order chi connectivity index (χ1) is 8.99. The molecule has 0 fully saturated rings. The zero-order chi connectivity index (χ0) is 14.3. The van der Waals surface area contributed by atoms with E-state index in [0.717, 1.165) is 0 Å². The average molecular weight is 286 g/mol. The number of carbonyl (C=O) groups is 1. The maximum Gasteiger partial charge on any atom is 0.250 e. The number of sulfone groups is 1. The molecule has 1 amide bonds. The van der Waals surface area contributed by atoms with Gasteiger partial charge in [0.1, 0.15) is 6.61 Å². The van der Waals surface area contributed by atoms with Crippen LogP contribution >= 0.6 is 0 Å². The van der Waals surface area contributed by atoms with Crippen molar-refractivity contribution in [3.63, 3.8) is 0 Å². The van der Waals surface area contributed by atoms with Crippen molar-refractivity contribution in [2.45, 2.75) is 11.8 Å². The fourth-order valence-electron chi connectivity index (χ4n) is 1.36. The van der Waals surface area contributed by atoms with Gasteiger partial charge in [0.05, 0.1) is 17.3 Å². The Morgan fingerprint density at radius 2 is 1.95 bits per heavy atom. The van der Waals surface area contributed by atoms with E-state index in [9.17, 15) is 13.2 Å². The summed E-state index contributed by atoms with van der Waals surface area (Å²) in [5.74, 6) is -0.259. The van der Waals surface area contributed by atoms with Crippen LogP contribution in [0.5, 0.6) is 0 Å². The zero-order valence-electron chi connectivity index (χ0n) is 10.8. The summed E-state index contributed by atoms with van der Waals surface area (Å²) in [5.41, 5.74) is 5.75. The number of rotatable bonds is 7. The number of carbonyl (C=O) groups excluding carboxylic acids is 1. The maximum absolute atomic E-state index is 11.6. The van der Waals surface area contributed by atoms with E-state index in [0.29, 0.717) is 18.8 Å².